The first-order chi connectivity index (χ1) is 13.1. The van der Waals surface area contributed by atoms with Crippen molar-refractivity contribution >= 4 is 40.8 Å². The van der Waals surface area contributed by atoms with Crippen molar-refractivity contribution in [3.8, 4) is 0 Å². The minimum atomic E-state index is -0.0180. The lowest BCUT2D eigenvalue weighted by Gasteiger charge is -2.07. The number of aryl methyl sites for hydroxylation is 1. The fraction of sp³-hybridized carbons (Fsp3) is 0.333. The molecule has 27 heavy (non-hydrogen) atoms. The highest BCUT2D eigenvalue weighted by Crippen LogP contribution is 2.27. The Labute approximate surface area is 171 Å². The Morgan fingerprint density at radius 1 is 1.19 bits per heavy atom. The predicted molar refractivity (Wildman–Crippen MR) is 112 cm³/mol. The van der Waals surface area contributed by atoms with E-state index in [1.165, 1.54) is 28.7 Å². The van der Waals surface area contributed by atoms with Crippen LogP contribution in [-0.2, 0) is 17.9 Å². The van der Waals surface area contributed by atoms with Gasteiger partial charge in [-0.05, 0) is 25.7 Å². The molecule has 142 valence electrons. The van der Waals surface area contributed by atoms with Crippen LogP contribution in [0.2, 0.25) is 0 Å². The second-order valence-corrected chi connectivity index (χ2v) is 9.15. The molecule has 0 aliphatic rings. The Balaban J connectivity index is 1.55. The fourth-order valence-electron chi connectivity index (χ4n) is 2.60. The molecule has 9 heteroatoms. The normalized spacial score (nSPS) is 10.9. The van der Waals surface area contributed by atoms with Crippen LogP contribution in [0.3, 0.4) is 0 Å². The molecule has 0 saturated heterocycles. The molecule has 1 amide bonds. The van der Waals surface area contributed by atoms with Crippen molar-refractivity contribution in [3.63, 3.8) is 0 Å². The summed E-state index contributed by atoms with van der Waals surface area (Å²) in [6.07, 6.45) is 1.96. The van der Waals surface area contributed by atoms with E-state index in [-0.39, 0.29) is 5.91 Å². The van der Waals surface area contributed by atoms with Gasteiger partial charge in [-0.2, -0.15) is 5.10 Å². The van der Waals surface area contributed by atoms with Gasteiger partial charge in [-0.1, -0.05) is 65.2 Å². The van der Waals surface area contributed by atoms with Crippen molar-refractivity contribution in [1.29, 1.82) is 0 Å². The van der Waals surface area contributed by atoms with Gasteiger partial charge in [0.15, 0.2) is 8.68 Å². The van der Waals surface area contributed by atoms with Crippen molar-refractivity contribution in [1.82, 2.24) is 25.3 Å². The lowest BCUT2D eigenvalue weighted by atomic mass is 10.2. The van der Waals surface area contributed by atoms with Crippen molar-refractivity contribution in [3.05, 3.63) is 52.8 Å². The van der Waals surface area contributed by atoms with Gasteiger partial charge in [0.2, 0.25) is 5.91 Å². The Kier molecular flexibility index (Phi) is 6.92. The zero-order valence-corrected chi connectivity index (χ0v) is 17.9. The zero-order chi connectivity index (χ0) is 19.2. The van der Waals surface area contributed by atoms with Gasteiger partial charge < -0.3 is 5.32 Å². The minimum absolute atomic E-state index is 0.0180. The van der Waals surface area contributed by atoms with E-state index in [0.29, 0.717) is 12.3 Å². The van der Waals surface area contributed by atoms with Gasteiger partial charge in [-0.15, -0.1) is 10.2 Å². The maximum absolute atomic E-state index is 12.2. The predicted octanol–water partition coefficient (Wildman–Crippen LogP) is 3.53. The maximum Gasteiger partial charge on any atom is 0.230 e. The quantitative estimate of drug-likeness (QED) is 0.563. The van der Waals surface area contributed by atoms with Crippen molar-refractivity contribution in [2.24, 2.45) is 0 Å². The van der Waals surface area contributed by atoms with Gasteiger partial charge in [0, 0.05) is 17.8 Å². The number of aromatic nitrogens is 4. The van der Waals surface area contributed by atoms with Gasteiger partial charge >= 0.3 is 0 Å². The molecule has 1 aromatic carbocycles. The molecule has 6 nitrogen and oxygen atoms in total. The molecule has 2 heterocycles. The Bertz CT molecular complexity index is 907. The lowest BCUT2D eigenvalue weighted by molar-refractivity contribution is -0.118. The van der Waals surface area contributed by atoms with Crippen molar-refractivity contribution < 1.29 is 4.79 Å². The number of benzene rings is 1. The highest BCUT2D eigenvalue weighted by atomic mass is 32.2. The summed E-state index contributed by atoms with van der Waals surface area (Å²) < 4.78 is 3.72. The number of hydrogen-bond donors (Lipinski definition) is 1. The highest BCUT2D eigenvalue weighted by molar-refractivity contribution is 8.03. The summed E-state index contributed by atoms with van der Waals surface area (Å²) in [6.45, 7) is 5.24. The van der Waals surface area contributed by atoms with E-state index in [9.17, 15) is 4.79 Å². The molecule has 3 aromatic rings. The van der Waals surface area contributed by atoms with Crippen LogP contribution < -0.4 is 5.32 Å². The third-order valence-electron chi connectivity index (χ3n) is 4.06. The molecule has 1 N–H and O–H groups in total. The molecule has 0 atom stereocenters. The number of thioether (sulfide) groups is 2. The Hall–Kier alpha value is -1.84. The molecule has 2 aromatic heterocycles. The fourth-order valence-corrected chi connectivity index (χ4v) is 4.87. The molecular formula is C18H21N5OS3. The van der Waals surface area contributed by atoms with Gasteiger partial charge in [-0.25, -0.2) is 0 Å². The molecule has 0 spiro atoms. The van der Waals surface area contributed by atoms with Crippen LogP contribution in [0, 0.1) is 13.8 Å². The van der Waals surface area contributed by atoms with Crippen LogP contribution in [0.4, 0.5) is 0 Å². The Morgan fingerprint density at radius 2 is 1.93 bits per heavy atom. The second-order valence-electron chi connectivity index (χ2n) is 5.90. The number of amides is 1. The summed E-state index contributed by atoms with van der Waals surface area (Å²) in [5.41, 5.74) is 4.31. The SMILES string of the molecule is CSc1nnc(SCC(=O)NCc2c(C)nn(Cc3ccccc3)c2C)s1. The lowest BCUT2D eigenvalue weighted by Crippen LogP contribution is -2.25. The zero-order valence-electron chi connectivity index (χ0n) is 15.4. The number of hydrogen-bond acceptors (Lipinski definition) is 7. The summed E-state index contributed by atoms with van der Waals surface area (Å²) in [6, 6.07) is 10.2. The second kappa shape index (κ2) is 9.38. The molecule has 0 aliphatic carbocycles. The van der Waals surface area contributed by atoms with E-state index in [1.54, 1.807) is 11.8 Å². The van der Waals surface area contributed by atoms with E-state index >= 15 is 0 Å². The molecule has 3 rings (SSSR count). The summed E-state index contributed by atoms with van der Waals surface area (Å²) in [5.74, 6) is 0.315. The molecule has 0 unspecified atom stereocenters. The first-order valence-electron chi connectivity index (χ1n) is 8.40. The number of carbonyl (C=O) groups excluding carboxylic acids is 1. The van der Waals surface area contributed by atoms with Gasteiger partial charge in [0.05, 0.1) is 18.0 Å². The topological polar surface area (TPSA) is 72.7 Å². The standard InChI is InChI=1S/C18H21N5OS3/c1-12-15(13(2)23(22-12)10-14-7-5-4-6-8-14)9-19-16(24)11-26-18-21-20-17(25-3)27-18/h4-8H,9-11H2,1-3H3,(H,19,24). The molecule has 0 fully saturated rings. The largest absolute Gasteiger partial charge is 0.351 e. The van der Waals surface area contributed by atoms with Crippen LogP contribution in [0.15, 0.2) is 39.0 Å². The number of nitrogens with zero attached hydrogens (tertiary/aromatic N) is 4. The van der Waals surface area contributed by atoms with Gasteiger partial charge in [0.1, 0.15) is 0 Å². The number of rotatable bonds is 8. The maximum atomic E-state index is 12.2. The third kappa shape index (κ3) is 5.33. The summed E-state index contributed by atoms with van der Waals surface area (Å²) >= 11 is 4.48. The molecule has 0 radical (unpaired) electrons. The minimum Gasteiger partial charge on any atom is -0.351 e. The molecular weight excluding hydrogens is 398 g/mol. The van der Waals surface area contributed by atoms with Crippen LogP contribution in [0.5, 0.6) is 0 Å². The average Bonchev–Trinajstić information content (AvgIpc) is 3.24. The van der Waals surface area contributed by atoms with E-state index in [0.717, 1.165) is 32.2 Å². The summed E-state index contributed by atoms with van der Waals surface area (Å²) in [7, 11) is 0. The smallest absolute Gasteiger partial charge is 0.230 e. The van der Waals surface area contributed by atoms with Gasteiger partial charge in [0.25, 0.3) is 0 Å². The molecule has 0 aliphatic heterocycles. The first-order valence-corrected chi connectivity index (χ1v) is 11.4. The van der Waals surface area contributed by atoms with Gasteiger partial charge in [-0.3, -0.25) is 9.48 Å². The van der Waals surface area contributed by atoms with E-state index < -0.39 is 0 Å². The monoisotopic (exact) mass is 419 g/mol. The van der Waals surface area contributed by atoms with E-state index in [1.807, 2.05) is 43.0 Å². The van der Waals surface area contributed by atoms with Crippen LogP contribution >= 0.6 is 34.9 Å². The van der Waals surface area contributed by atoms with Crippen molar-refractivity contribution in [2.75, 3.05) is 12.0 Å². The third-order valence-corrected chi connectivity index (χ3v) is 7.09. The Morgan fingerprint density at radius 3 is 2.63 bits per heavy atom. The van der Waals surface area contributed by atoms with E-state index in [2.05, 4.69) is 32.7 Å². The average molecular weight is 420 g/mol. The summed E-state index contributed by atoms with van der Waals surface area (Å²) in [5, 5.41) is 15.7. The van der Waals surface area contributed by atoms with Crippen LogP contribution in [0.25, 0.3) is 0 Å². The van der Waals surface area contributed by atoms with E-state index in [4.69, 9.17) is 0 Å². The van der Waals surface area contributed by atoms with Crippen LogP contribution in [-0.4, -0.2) is 37.9 Å². The number of carbonyl (C=O) groups is 1. The first kappa shape index (κ1) is 19.9. The summed E-state index contributed by atoms with van der Waals surface area (Å²) in [4.78, 5) is 12.2. The highest BCUT2D eigenvalue weighted by Gasteiger charge is 2.13. The van der Waals surface area contributed by atoms with Crippen LogP contribution in [0.1, 0.15) is 22.5 Å². The van der Waals surface area contributed by atoms with Crippen molar-refractivity contribution in [2.45, 2.75) is 35.6 Å². The molecule has 0 saturated carbocycles. The molecule has 0 bridgehead atoms. The number of nitrogens with one attached hydrogen (secondary N) is 1.